The molecule has 1 aromatic carbocycles. The summed E-state index contributed by atoms with van der Waals surface area (Å²) in [5.41, 5.74) is 3.73. The van der Waals surface area contributed by atoms with Crippen LogP contribution in [0.4, 0.5) is 0 Å². The van der Waals surface area contributed by atoms with Gasteiger partial charge in [-0.05, 0) is 11.6 Å². The summed E-state index contributed by atoms with van der Waals surface area (Å²) < 4.78 is 9.82. The van der Waals surface area contributed by atoms with E-state index in [4.69, 9.17) is 14.3 Å². The predicted octanol–water partition coefficient (Wildman–Crippen LogP) is 1.14. The van der Waals surface area contributed by atoms with Crippen molar-refractivity contribution in [2.75, 3.05) is 27.4 Å². The van der Waals surface area contributed by atoms with Gasteiger partial charge in [-0.25, -0.2) is 5.48 Å². The molecule has 0 unspecified atom stereocenters. The van der Waals surface area contributed by atoms with Gasteiger partial charge >= 0.3 is 0 Å². The average Bonchev–Trinajstić information content (AvgIpc) is 2.35. The fraction of sp³-hybridized carbons (Fsp3) is 0.417. The lowest BCUT2D eigenvalue weighted by Crippen LogP contribution is -2.26. The van der Waals surface area contributed by atoms with Gasteiger partial charge in [0.2, 0.25) is 0 Å². The van der Waals surface area contributed by atoms with Crippen molar-refractivity contribution >= 4 is 5.91 Å². The number of carbonyl (C=O) groups excluding carboxylic acids is 1. The summed E-state index contributed by atoms with van der Waals surface area (Å²) in [6.45, 7) is 1.14. The summed E-state index contributed by atoms with van der Waals surface area (Å²) in [5.74, 6) is -0.284. The molecule has 0 saturated carbocycles. The summed E-state index contributed by atoms with van der Waals surface area (Å²) in [5, 5.41) is 0. The van der Waals surface area contributed by atoms with Crippen molar-refractivity contribution in [3.8, 4) is 0 Å². The molecule has 17 heavy (non-hydrogen) atoms. The quantitative estimate of drug-likeness (QED) is 0.572. The van der Waals surface area contributed by atoms with E-state index in [1.165, 1.54) is 0 Å². The van der Waals surface area contributed by atoms with Crippen LogP contribution < -0.4 is 5.48 Å². The summed E-state index contributed by atoms with van der Waals surface area (Å²) in [4.78, 5) is 16.7. The number of methoxy groups -OCH3 is 2. The molecule has 1 amide bonds. The first-order valence-corrected chi connectivity index (χ1v) is 5.27. The molecule has 0 saturated heterocycles. The molecule has 0 aliphatic heterocycles. The first kappa shape index (κ1) is 13.6. The Morgan fingerprint density at radius 3 is 2.65 bits per heavy atom. The maximum atomic E-state index is 11.8. The van der Waals surface area contributed by atoms with Crippen molar-refractivity contribution < 1.29 is 19.1 Å². The second kappa shape index (κ2) is 7.78. The summed E-state index contributed by atoms with van der Waals surface area (Å²) >= 11 is 0. The van der Waals surface area contributed by atoms with Crippen molar-refractivity contribution in [3.05, 3.63) is 35.4 Å². The largest absolute Gasteiger partial charge is 0.382 e. The fourth-order valence-electron chi connectivity index (χ4n) is 1.32. The first-order valence-electron chi connectivity index (χ1n) is 5.27. The van der Waals surface area contributed by atoms with Gasteiger partial charge in [0.15, 0.2) is 0 Å². The normalized spacial score (nSPS) is 10.2. The van der Waals surface area contributed by atoms with Gasteiger partial charge in [-0.2, -0.15) is 0 Å². The van der Waals surface area contributed by atoms with E-state index in [2.05, 4.69) is 5.48 Å². The van der Waals surface area contributed by atoms with Crippen LogP contribution in [0.1, 0.15) is 15.9 Å². The van der Waals surface area contributed by atoms with E-state index >= 15 is 0 Å². The highest BCUT2D eigenvalue weighted by Gasteiger charge is 2.10. The van der Waals surface area contributed by atoms with E-state index in [1.807, 2.05) is 12.1 Å². The molecule has 0 spiro atoms. The number of hydroxylamine groups is 1. The highest BCUT2D eigenvalue weighted by molar-refractivity contribution is 5.94. The van der Waals surface area contributed by atoms with Gasteiger partial charge in [0.05, 0.1) is 19.8 Å². The van der Waals surface area contributed by atoms with Crippen molar-refractivity contribution in [2.45, 2.75) is 6.61 Å². The van der Waals surface area contributed by atoms with E-state index in [-0.39, 0.29) is 5.91 Å². The smallest absolute Gasteiger partial charge is 0.275 e. The van der Waals surface area contributed by atoms with Gasteiger partial charge in [0.25, 0.3) is 5.91 Å². The van der Waals surface area contributed by atoms with Gasteiger partial charge in [-0.3, -0.25) is 9.63 Å². The topological polar surface area (TPSA) is 56.8 Å². The second-order valence-corrected chi connectivity index (χ2v) is 3.36. The molecule has 0 aliphatic carbocycles. The Hall–Kier alpha value is -1.43. The zero-order valence-electron chi connectivity index (χ0n) is 10.1. The summed E-state index contributed by atoms with van der Waals surface area (Å²) in [6.07, 6.45) is 0. The Kier molecular flexibility index (Phi) is 6.24. The third-order valence-electron chi connectivity index (χ3n) is 2.12. The van der Waals surface area contributed by atoms with Crippen LogP contribution in [0.15, 0.2) is 24.3 Å². The molecular weight excluding hydrogens is 222 g/mol. The van der Waals surface area contributed by atoms with Gasteiger partial charge in [0.1, 0.15) is 0 Å². The number of nitrogens with one attached hydrogen (secondary N) is 1. The third-order valence-corrected chi connectivity index (χ3v) is 2.12. The number of hydrogen-bond acceptors (Lipinski definition) is 4. The molecule has 0 radical (unpaired) electrons. The van der Waals surface area contributed by atoms with E-state index < -0.39 is 0 Å². The van der Waals surface area contributed by atoms with Crippen LogP contribution in [-0.2, 0) is 20.9 Å². The van der Waals surface area contributed by atoms with Crippen molar-refractivity contribution in [1.82, 2.24) is 5.48 Å². The molecule has 1 rings (SSSR count). The monoisotopic (exact) mass is 239 g/mol. The van der Waals surface area contributed by atoms with Gasteiger partial charge < -0.3 is 9.47 Å². The Labute approximate surface area is 101 Å². The Morgan fingerprint density at radius 2 is 1.94 bits per heavy atom. The molecule has 0 heterocycles. The van der Waals surface area contributed by atoms with Crippen molar-refractivity contribution in [2.24, 2.45) is 0 Å². The van der Waals surface area contributed by atoms with E-state index in [9.17, 15) is 4.79 Å². The molecule has 0 aromatic heterocycles. The van der Waals surface area contributed by atoms with E-state index in [1.54, 1.807) is 26.4 Å². The van der Waals surface area contributed by atoms with E-state index in [0.717, 1.165) is 5.56 Å². The Morgan fingerprint density at radius 1 is 1.18 bits per heavy atom. The summed E-state index contributed by atoms with van der Waals surface area (Å²) in [6, 6.07) is 7.22. The highest BCUT2D eigenvalue weighted by atomic mass is 16.7. The minimum atomic E-state index is -0.284. The van der Waals surface area contributed by atoms with Crippen LogP contribution in [0.25, 0.3) is 0 Å². The number of benzene rings is 1. The number of ether oxygens (including phenoxy) is 2. The summed E-state index contributed by atoms with van der Waals surface area (Å²) in [7, 11) is 3.16. The molecule has 0 aliphatic rings. The molecule has 0 atom stereocenters. The maximum Gasteiger partial charge on any atom is 0.275 e. The van der Waals surface area contributed by atoms with Crippen LogP contribution in [0.3, 0.4) is 0 Å². The minimum absolute atomic E-state index is 0.284. The number of amides is 1. The highest BCUT2D eigenvalue weighted by Crippen LogP contribution is 2.09. The predicted molar refractivity (Wildman–Crippen MR) is 62.4 cm³/mol. The zero-order valence-corrected chi connectivity index (χ0v) is 10.1. The van der Waals surface area contributed by atoms with Crippen molar-refractivity contribution in [3.63, 3.8) is 0 Å². The van der Waals surface area contributed by atoms with Crippen LogP contribution in [-0.4, -0.2) is 33.3 Å². The molecule has 1 N–H and O–H groups in total. The van der Waals surface area contributed by atoms with Crippen molar-refractivity contribution in [1.29, 1.82) is 0 Å². The van der Waals surface area contributed by atoms with Gasteiger partial charge in [-0.15, -0.1) is 0 Å². The van der Waals surface area contributed by atoms with Crippen LogP contribution in [0.2, 0.25) is 0 Å². The van der Waals surface area contributed by atoms with Crippen LogP contribution >= 0.6 is 0 Å². The lowest BCUT2D eigenvalue weighted by atomic mass is 10.1. The average molecular weight is 239 g/mol. The molecule has 0 fully saturated rings. The molecule has 5 heteroatoms. The Bertz CT molecular complexity index is 354. The minimum Gasteiger partial charge on any atom is -0.382 e. The molecular formula is C12H17NO4. The number of hydrogen-bond donors (Lipinski definition) is 1. The maximum absolute atomic E-state index is 11.8. The van der Waals surface area contributed by atoms with Crippen LogP contribution in [0.5, 0.6) is 0 Å². The lowest BCUT2D eigenvalue weighted by molar-refractivity contribution is 0.00872. The Balaban J connectivity index is 2.55. The molecule has 1 aromatic rings. The molecule has 5 nitrogen and oxygen atoms in total. The standard InChI is InChI=1S/C12H17NO4/c1-15-7-8-17-13-12(14)11-6-4-3-5-10(11)9-16-2/h3-6H,7-9H2,1-2H3,(H,13,14). The zero-order chi connectivity index (χ0) is 12.5. The van der Waals surface area contributed by atoms with Crippen LogP contribution in [0, 0.1) is 0 Å². The van der Waals surface area contributed by atoms with Gasteiger partial charge in [0, 0.05) is 19.8 Å². The first-order chi connectivity index (χ1) is 8.29. The SMILES string of the molecule is COCCONC(=O)c1ccccc1COC. The van der Waals surface area contributed by atoms with E-state index in [0.29, 0.717) is 25.4 Å². The fourth-order valence-corrected chi connectivity index (χ4v) is 1.32. The number of carbonyl (C=O) groups is 1. The third kappa shape index (κ3) is 4.52. The molecule has 94 valence electrons. The second-order valence-electron chi connectivity index (χ2n) is 3.36. The lowest BCUT2D eigenvalue weighted by Gasteiger charge is -2.09. The number of rotatable bonds is 7. The molecule has 0 bridgehead atoms. The van der Waals surface area contributed by atoms with Gasteiger partial charge in [-0.1, -0.05) is 18.2 Å².